The predicted molar refractivity (Wildman–Crippen MR) is 74.7 cm³/mol. The lowest BCUT2D eigenvalue weighted by molar-refractivity contribution is -0.136. The molecule has 6 heteroatoms. The van der Waals surface area contributed by atoms with E-state index in [9.17, 15) is 13.2 Å². The second-order valence-electron chi connectivity index (χ2n) is 5.84. The maximum atomic E-state index is 11.6. The minimum atomic E-state index is -3.60. The van der Waals surface area contributed by atoms with E-state index in [1.54, 1.807) is 19.9 Å². The summed E-state index contributed by atoms with van der Waals surface area (Å²) in [7, 11) is -3.60. The highest BCUT2D eigenvalue weighted by Crippen LogP contribution is 2.45. The Hall–Kier alpha value is -1.56. The average molecular weight is 298 g/mol. The summed E-state index contributed by atoms with van der Waals surface area (Å²) < 4.78 is 33.1. The SMILES string of the molecule is Cc1cc2c(c(C)c1OS(C)(=O)=O)C(C)(C)CC(=O)O2. The van der Waals surface area contributed by atoms with Crippen molar-refractivity contribution in [2.75, 3.05) is 6.26 Å². The Labute approximate surface area is 119 Å². The normalized spacial score (nSPS) is 17.4. The van der Waals surface area contributed by atoms with E-state index in [0.717, 1.165) is 11.8 Å². The van der Waals surface area contributed by atoms with Crippen molar-refractivity contribution in [3.63, 3.8) is 0 Å². The highest BCUT2D eigenvalue weighted by Gasteiger charge is 2.37. The van der Waals surface area contributed by atoms with E-state index >= 15 is 0 Å². The molecule has 110 valence electrons. The van der Waals surface area contributed by atoms with Crippen molar-refractivity contribution < 1.29 is 22.1 Å². The van der Waals surface area contributed by atoms with Crippen LogP contribution in [0.5, 0.6) is 11.5 Å². The number of fused-ring (bicyclic) bond motifs is 1. The van der Waals surface area contributed by atoms with Gasteiger partial charge in [0.05, 0.1) is 12.7 Å². The van der Waals surface area contributed by atoms with Gasteiger partial charge in [-0.15, -0.1) is 0 Å². The van der Waals surface area contributed by atoms with E-state index in [0.29, 0.717) is 22.6 Å². The van der Waals surface area contributed by atoms with Gasteiger partial charge in [0, 0.05) is 16.5 Å². The summed E-state index contributed by atoms with van der Waals surface area (Å²) in [4.78, 5) is 11.6. The first-order chi connectivity index (χ1) is 9.01. The van der Waals surface area contributed by atoms with Crippen molar-refractivity contribution in [1.29, 1.82) is 0 Å². The Morgan fingerprint density at radius 3 is 2.45 bits per heavy atom. The zero-order valence-electron chi connectivity index (χ0n) is 12.2. The highest BCUT2D eigenvalue weighted by atomic mass is 32.2. The van der Waals surface area contributed by atoms with Gasteiger partial charge >= 0.3 is 16.1 Å². The van der Waals surface area contributed by atoms with Crippen LogP contribution in [0.2, 0.25) is 0 Å². The second kappa shape index (κ2) is 4.48. The summed E-state index contributed by atoms with van der Waals surface area (Å²) in [6, 6.07) is 1.65. The molecule has 1 aliphatic rings. The van der Waals surface area contributed by atoms with Gasteiger partial charge < -0.3 is 8.92 Å². The summed E-state index contributed by atoms with van der Waals surface area (Å²) in [5.41, 5.74) is 1.72. The van der Waals surface area contributed by atoms with Crippen LogP contribution in [-0.4, -0.2) is 20.6 Å². The molecule has 0 unspecified atom stereocenters. The Bertz CT molecular complexity index is 686. The topological polar surface area (TPSA) is 69.7 Å². The quantitative estimate of drug-likeness (QED) is 0.476. The number of aryl methyl sites for hydroxylation is 1. The Kier molecular flexibility index (Phi) is 3.32. The number of esters is 1. The molecular weight excluding hydrogens is 280 g/mol. The largest absolute Gasteiger partial charge is 0.426 e. The minimum Gasteiger partial charge on any atom is -0.426 e. The average Bonchev–Trinajstić information content (AvgIpc) is 2.19. The van der Waals surface area contributed by atoms with Crippen molar-refractivity contribution in [2.24, 2.45) is 0 Å². The molecule has 0 aliphatic carbocycles. The molecule has 0 radical (unpaired) electrons. The van der Waals surface area contributed by atoms with Crippen molar-refractivity contribution in [3.8, 4) is 11.5 Å². The molecule has 0 fully saturated rings. The van der Waals surface area contributed by atoms with E-state index in [1.165, 1.54) is 0 Å². The van der Waals surface area contributed by atoms with Gasteiger partial charge in [0.1, 0.15) is 11.5 Å². The molecule has 2 rings (SSSR count). The first-order valence-electron chi connectivity index (χ1n) is 6.26. The molecule has 0 saturated heterocycles. The third-order valence-electron chi connectivity index (χ3n) is 3.39. The molecule has 5 nitrogen and oxygen atoms in total. The lowest BCUT2D eigenvalue weighted by Gasteiger charge is -2.33. The van der Waals surface area contributed by atoms with Crippen molar-refractivity contribution in [2.45, 2.75) is 39.5 Å². The van der Waals surface area contributed by atoms with Crippen LogP contribution in [0.1, 0.15) is 37.0 Å². The van der Waals surface area contributed by atoms with E-state index in [4.69, 9.17) is 8.92 Å². The predicted octanol–water partition coefficient (Wildman–Crippen LogP) is 2.23. The Balaban J connectivity index is 2.69. The Morgan fingerprint density at radius 2 is 1.90 bits per heavy atom. The van der Waals surface area contributed by atoms with Crippen LogP contribution in [0, 0.1) is 13.8 Å². The van der Waals surface area contributed by atoms with Gasteiger partial charge in [0.2, 0.25) is 0 Å². The maximum absolute atomic E-state index is 11.6. The van der Waals surface area contributed by atoms with Gasteiger partial charge in [-0.2, -0.15) is 8.42 Å². The summed E-state index contributed by atoms with van der Waals surface area (Å²) in [6.07, 6.45) is 1.26. The van der Waals surface area contributed by atoms with Gasteiger partial charge in [-0.3, -0.25) is 4.79 Å². The lowest BCUT2D eigenvalue weighted by Crippen LogP contribution is -2.32. The summed E-state index contributed by atoms with van der Waals surface area (Å²) in [6.45, 7) is 7.37. The number of benzene rings is 1. The zero-order valence-corrected chi connectivity index (χ0v) is 13.1. The van der Waals surface area contributed by atoms with Crippen LogP contribution < -0.4 is 8.92 Å². The monoisotopic (exact) mass is 298 g/mol. The lowest BCUT2D eigenvalue weighted by atomic mass is 9.76. The molecule has 1 aromatic carbocycles. The molecule has 0 saturated carbocycles. The zero-order chi connectivity index (χ0) is 15.3. The van der Waals surface area contributed by atoms with Crippen LogP contribution in [0.15, 0.2) is 6.07 Å². The van der Waals surface area contributed by atoms with Gasteiger partial charge in [0.25, 0.3) is 0 Å². The van der Waals surface area contributed by atoms with Crippen molar-refractivity contribution in [3.05, 3.63) is 22.8 Å². The third kappa shape index (κ3) is 2.65. The van der Waals surface area contributed by atoms with Gasteiger partial charge in [0.15, 0.2) is 0 Å². The number of hydrogen-bond acceptors (Lipinski definition) is 5. The highest BCUT2D eigenvalue weighted by molar-refractivity contribution is 7.86. The van der Waals surface area contributed by atoms with Crippen LogP contribution in [0.3, 0.4) is 0 Å². The fraction of sp³-hybridized carbons (Fsp3) is 0.500. The van der Waals surface area contributed by atoms with Crippen LogP contribution in [0.4, 0.5) is 0 Å². The standard InChI is InChI=1S/C14H18O5S/c1-8-6-10-12(14(3,4)7-11(15)18-10)9(2)13(8)19-20(5,16)17/h6H,7H2,1-5H3. The molecule has 0 N–H and O–H groups in total. The van der Waals surface area contributed by atoms with Gasteiger partial charge in [-0.05, 0) is 25.5 Å². The van der Waals surface area contributed by atoms with Gasteiger partial charge in [-0.1, -0.05) is 13.8 Å². The first kappa shape index (κ1) is 14.8. The van der Waals surface area contributed by atoms with E-state index in [1.807, 2.05) is 13.8 Å². The number of hydrogen-bond donors (Lipinski definition) is 0. The molecule has 1 aliphatic heterocycles. The van der Waals surface area contributed by atoms with E-state index in [-0.39, 0.29) is 12.4 Å². The molecule has 0 amide bonds. The number of ether oxygens (including phenoxy) is 1. The summed E-state index contributed by atoms with van der Waals surface area (Å²) in [5, 5.41) is 0. The van der Waals surface area contributed by atoms with E-state index < -0.39 is 15.5 Å². The van der Waals surface area contributed by atoms with E-state index in [2.05, 4.69) is 0 Å². The summed E-state index contributed by atoms with van der Waals surface area (Å²) >= 11 is 0. The minimum absolute atomic E-state index is 0.252. The number of rotatable bonds is 2. The van der Waals surface area contributed by atoms with Crippen molar-refractivity contribution in [1.82, 2.24) is 0 Å². The van der Waals surface area contributed by atoms with Crippen LogP contribution >= 0.6 is 0 Å². The smallest absolute Gasteiger partial charge is 0.312 e. The van der Waals surface area contributed by atoms with Crippen molar-refractivity contribution >= 4 is 16.1 Å². The number of carbonyl (C=O) groups is 1. The molecule has 20 heavy (non-hydrogen) atoms. The molecule has 0 spiro atoms. The molecular formula is C14H18O5S. The van der Waals surface area contributed by atoms with Gasteiger partial charge in [-0.25, -0.2) is 0 Å². The maximum Gasteiger partial charge on any atom is 0.312 e. The van der Waals surface area contributed by atoms with Crippen LogP contribution in [-0.2, 0) is 20.3 Å². The number of carbonyl (C=O) groups excluding carboxylic acids is 1. The molecule has 0 aromatic heterocycles. The fourth-order valence-electron chi connectivity index (χ4n) is 2.74. The Morgan fingerprint density at radius 1 is 1.30 bits per heavy atom. The molecule has 1 heterocycles. The second-order valence-corrected chi connectivity index (χ2v) is 7.42. The summed E-state index contributed by atoms with van der Waals surface area (Å²) in [5.74, 6) is 0.525. The molecule has 0 atom stereocenters. The molecule has 1 aromatic rings. The first-order valence-corrected chi connectivity index (χ1v) is 8.08. The molecule has 0 bridgehead atoms. The third-order valence-corrected chi connectivity index (χ3v) is 3.86. The fourth-order valence-corrected chi connectivity index (χ4v) is 3.30. The van der Waals surface area contributed by atoms with Crippen LogP contribution in [0.25, 0.3) is 0 Å².